The molecule has 1 saturated heterocycles. The minimum absolute atomic E-state index is 0.000206. The number of hydrogen-bond acceptors (Lipinski definition) is 6. The lowest BCUT2D eigenvalue weighted by Gasteiger charge is -2.23. The van der Waals surface area contributed by atoms with Crippen molar-refractivity contribution in [3.63, 3.8) is 0 Å². The van der Waals surface area contributed by atoms with E-state index in [0.717, 1.165) is 12.1 Å². The maximum Gasteiger partial charge on any atom is 0.257 e. The Bertz CT molecular complexity index is 623. The van der Waals surface area contributed by atoms with Crippen LogP contribution >= 0.6 is 0 Å². The number of morpholine rings is 1. The first-order valence-corrected chi connectivity index (χ1v) is 7.77. The van der Waals surface area contributed by atoms with Crippen LogP contribution in [0.25, 0.3) is 11.5 Å². The third kappa shape index (κ3) is 4.61. The zero-order valence-corrected chi connectivity index (χ0v) is 12.8. The normalized spacial score (nSPS) is 17.8. The van der Waals surface area contributed by atoms with Gasteiger partial charge in [-0.05, 0) is 12.1 Å². The van der Waals surface area contributed by atoms with Crippen LogP contribution in [0.1, 0.15) is 12.2 Å². The van der Waals surface area contributed by atoms with Crippen molar-refractivity contribution in [2.75, 3.05) is 26.3 Å². The van der Waals surface area contributed by atoms with Gasteiger partial charge in [0.2, 0.25) is 5.91 Å². The van der Waals surface area contributed by atoms with Crippen LogP contribution in [0.15, 0.2) is 34.9 Å². The van der Waals surface area contributed by atoms with E-state index < -0.39 is 0 Å². The highest BCUT2D eigenvalue weighted by molar-refractivity contribution is 5.76. The number of nitrogens with zero attached hydrogens (tertiary/aromatic N) is 2. The van der Waals surface area contributed by atoms with E-state index >= 15 is 0 Å². The summed E-state index contributed by atoms with van der Waals surface area (Å²) in [6.07, 6.45) is 0.957. The van der Waals surface area contributed by atoms with Crippen molar-refractivity contribution in [1.82, 2.24) is 20.8 Å². The van der Waals surface area contributed by atoms with Crippen LogP contribution in [-0.4, -0.2) is 48.4 Å². The van der Waals surface area contributed by atoms with Crippen LogP contribution in [0.4, 0.5) is 0 Å². The highest BCUT2D eigenvalue weighted by Gasteiger charge is 2.16. The molecule has 2 aromatic rings. The van der Waals surface area contributed by atoms with Crippen LogP contribution in [0.3, 0.4) is 0 Å². The summed E-state index contributed by atoms with van der Waals surface area (Å²) in [6.45, 7) is 2.57. The van der Waals surface area contributed by atoms with Gasteiger partial charge in [-0.2, -0.15) is 4.98 Å². The number of amides is 1. The first-order chi connectivity index (χ1) is 11.3. The topological polar surface area (TPSA) is 89.3 Å². The average molecular weight is 316 g/mol. The van der Waals surface area contributed by atoms with Crippen LogP contribution in [0, 0.1) is 0 Å². The highest BCUT2D eigenvalue weighted by Crippen LogP contribution is 2.15. The lowest BCUT2D eigenvalue weighted by molar-refractivity contribution is -0.122. The summed E-state index contributed by atoms with van der Waals surface area (Å²) in [4.78, 5) is 16.2. The summed E-state index contributed by atoms with van der Waals surface area (Å²) in [7, 11) is 0. The second-order valence-electron chi connectivity index (χ2n) is 5.41. The smallest absolute Gasteiger partial charge is 0.257 e. The highest BCUT2D eigenvalue weighted by atomic mass is 16.5. The van der Waals surface area contributed by atoms with Gasteiger partial charge in [0, 0.05) is 37.5 Å². The first-order valence-electron chi connectivity index (χ1n) is 7.77. The van der Waals surface area contributed by atoms with Gasteiger partial charge in [0.1, 0.15) is 0 Å². The van der Waals surface area contributed by atoms with Crippen LogP contribution < -0.4 is 10.6 Å². The Hall–Kier alpha value is -2.25. The van der Waals surface area contributed by atoms with Crippen LogP contribution in [0.5, 0.6) is 0 Å². The number of nitrogens with one attached hydrogen (secondary N) is 2. The molecule has 3 rings (SSSR count). The molecule has 1 aliphatic heterocycles. The fourth-order valence-electron chi connectivity index (χ4n) is 2.41. The number of rotatable bonds is 6. The Morgan fingerprint density at radius 3 is 3.00 bits per heavy atom. The Morgan fingerprint density at radius 2 is 2.22 bits per heavy atom. The standard InChI is InChI=1S/C16H20N4O3/c21-15(10-13-11-22-9-8-17-13)18-7-6-14-19-16(23-20-14)12-4-2-1-3-5-12/h1-5,13,17H,6-11H2,(H,18,21)/t13-/m1/s1. The third-order valence-electron chi connectivity index (χ3n) is 3.59. The molecule has 0 saturated carbocycles. The van der Waals surface area contributed by atoms with E-state index in [-0.39, 0.29) is 11.9 Å². The molecule has 0 bridgehead atoms. The van der Waals surface area contributed by atoms with Crippen molar-refractivity contribution in [3.05, 3.63) is 36.2 Å². The van der Waals surface area contributed by atoms with Gasteiger partial charge in [-0.1, -0.05) is 23.4 Å². The number of aromatic nitrogens is 2. The molecule has 23 heavy (non-hydrogen) atoms. The fourth-order valence-corrected chi connectivity index (χ4v) is 2.41. The number of benzene rings is 1. The minimum Gasteiger partial charge on any atom is -0.378 e. The number of ether oxygens (including phenoxy) is 1. The second-order valence-corrected chi connectivity index (χ2v) is 5.41. The van der Waals surface area contributed by atoms with E-state index in [1.807, 2.05) is 30.3 Å². The minimum atomic E-state index is -0.000206. The molecule has 7 nitrogen and oxygen atoms in total. The average Bonchev–Trinajstić information content (AvgIpc) is 3.05. The summed E-state index contributed by atoms with van der Waals surface area (Å²) in [5.74, 6) is 1.08. The van der Waals surface area contributed by atoms with Gasteiger partial charge in [0.15, 0.2) is 5.82 Å². The maximum absolute atomic E-state index is 11.9. The molecule has 1 fully saturated rings. The van der Waals surface area contributed by atoms with E-state index in [2.05, 4.69) is 20.8 Å². The molecule has 2 N–H and O–H groups in total. The van der Waals surface area contributed by atoms with Gasteiger partial charge in [0.05, 0.1) is 13.2 Å². The van der Waals surface area contributed by atoms with Gasteiger partial charge >= 0.3 is 0 Å². The van der Waals surface area contributed by atoms with Crippen molar-refractivity contribution in [3.8, 4) is 11.5 Å². The molecule has 1 aromatic heterocycles. The largest absolute Gasteiger partial charge is 0.378 e. The van der Waals surface area contributed by atoms with Gasteiger partial charge in [-0.25, -0.2) is 0 Å². The van der Waals surface area contributed by atoms with Gasteiger partial charge in [-0.3, -0.25) is 4.79 Å². The molecule has 7 heteroatoms. The zero-order valence-electron chi connectivity index (χ0n) is 12.8. The number of hydrogen-bond donors (Lipinski definition) is 2. The summed E-state index contributed by atoms with van der Waals surface area (Å²) in [6, 6.07) is 9.70. The molecule has 1 aliphatic rings. The molecule has 1 aromatic carbocycles. The molecule has 1 amide bonds. The van der Waals surface area contributed by atoms with E-state index in [1.165, 1.54) is 0 Å². The lowest BCUT2D eigenvalue weighted by atomic mass is 10.2. The summed E-state index contributed by atoms with van der Waals surface area (Å²) < 4.78 is 10.6. The van der Waals surface area contributed by atoms with E-state index in [9.17, 15) is 4.79 Å². The molecule has 122 valence electrons. The number of carbonyl (C=O) groups excluding carboxylic acids is 1. The molecule has 1 atom stereocenters. The fraction of sp³-hybridized carbons (Fsp3) is 0.438. The predicted molar refractivity (Wildman–Crippen MR) is 83.7 cm³/mol. The molecule has 2 heterocycles. The molecule has 0 unspecified atom stereocenters. The Balaban J connectivity index is 1.42. The van der Waals surface area contributed by atoms with E-state index in [1.54, 1.807) is 0 Å². The molecule has 0 spiro atoms. The maximum atomic E-state index is 11.9. The zero-order chi connectivity index (χ0) is 15.9. The SMILES string of the molecule is O=C(C[C@@H]1COCCN1)NCCc1noc(-c2ccccc2)n1. The monoisotopic (exact) mass is 316 g/mol. The summed E-state index contributed by atoms with van der Waals surface area (Å²) >= 11 is 0. The third-order valence-corrected chi connectivity index (χ3v) is 3.59. The summed E-state index contributed by atoms with van der Waals surface area (Å²) in [5.41, 5.74) is 0.888. The van der Waals surface area contributed by atoms with E-state index in [4.69, 9.17) is 9.26 Å². The van der Waals surface area contributed by atoms with Crippen LogP contribution in [-0.2, 0) is 16.0 Å². The van der Waals surface area contributed by atoms with Crippen molar-refractivity contribution in [2.24, 2.45) is 0 Å². The Labute approximate surface area is 134 Å². The molecule has 0 radical (unpaired) electrons. The molecular formula is C16H20N4O3. The van der Waals surface area contributed by atoms with E-state index in [0.29, 0.717) is 44.3 Å². The second kappa shape index (κ2) is 7.85. The first kappa shape index (κ1) is 15.6. The lowest BCUT2D eigenvalue weighted by Crippen LogP contribution is -2.44. The van der Waals surface area contributed by atoms with Gasteiger partial charge in [-0.15, -0.1) is 0 Å². The number of carbonyl (C=O) groups is 1. The molecule has 0 aliphatic carbocycles. The van der Waals surface area contributed by atoms with Crippen molar-refractivity contribution in [2.45, 2.75) is 18.9 Å². The quantitative estimate of drug-likeness (QED) is 0.818. The summed E-state index contributed by atoms with van der Waals surface area (Å²) in [5, 5.41) is 10.1. The van der Waals surface area contributed by atoms with Crippen LogP contribution in [0.2, 0.25) is 0 Å². The Kier molecular flexibility index (Phi) is 5.33. The van der Waals surface area contributed by atoms with Crippen molar-refractivity contribution < 1.29 is 14.1 Å². The van der Waals surface area contributed by atoms with Gasteiger partial charge < -0.3 is 19.9 Å². The van der Waals surface area contributed by atoms with Crippen molar-refractivity contribution >= 4 is 5.91 Å². The van der Waals surface area contributed by atoms with Crippen molar-refractivity contribution in [1.29, 1.82) is 0 Å². The predicted octanol–water partition coefficient (Wildman–Crippen LogP) is 0.774. The Morgan fingerprint density at radius 1 is 1.35 bits per heavy atom. The van der Waals surface area contributed by atoms with Gasteiger partial charge in [0.25, 0.3) is 5.89 Å². The molecular weight excluding hydrogens is 296 g/mol.